The minimum atomic E-state index is -0.408. The van der Waals surface area contributed by atoms with Gasteiger partial charge in [-0.2, -0.15) is 0 Å². The van der Waals surface area contributed by atoms with Gasteiger partial charge in [-0.15, -0.1) is 11.8 Å². The zero-order chi connectivity index (χ0) is 22.0. The standard InChI is InChI=1S/C22H27N5O3S/c1-25-20-19(21(29)26(2)22(25)30)27(14-23-20)13-5-8-18(28)24-15-9-11-17(12-10-15)31-16-6-3-4-7-16/h9-12,14,16H,3-8,13H2,1-2H3,(H,24,28). The topological polar surface area (TPSA) is 90.9 Å². The van der Waals surface area contributed by atoms with E-state index in [0.717, 1.165) is 15.5 Å². The molecule has 4 rings (SSSR count). The second-order valence-corrected chi connectivity index (χ2v) is 9.39. The van der Waals surface area contributed by atoms with Crippen molar-refractivity contribution in [1.82, 2.24) is 18.7 Å². The molecule has 8 nitrogen and oxygen atoms in total. The summed E-state index contributed by atoms with van der Waals surface area (Å²) >= 11 is 1.93. The molecule has 0 bridgehead atoms. The van der Waals surface area contributed by atoms with Crippen molar-refractivity contribution in [2.45, 2.75) is 55.2 Å². The number of nitrogens with one attached hydrogen (secondary N) is 1. The van der Waals surface area contributed by atoms with Gasteiger partial charge in [0.1, 0.15) is 0 Å². The second kappa shape index (κ2) is 9.13. The van der Waals surface area contributed by atoms with E-state index in [-0.39, 0.29) is 11.5 Å². The summed E-state index contributed by atoms with van der Waals surface area (Å²) in [4.78, 5) is 42.3. The molecule has 1 amide bonds. The van der Waals surface area contributed by atoms with E-state index in [2.05, 4.69) is 22.4 Å². The summed E-state index contributed by atoms with van der Waals surface area (Å²) in [6, 6.07) is 8.03. The van der Waals surface area contributed by atoms with Crippen LogP contribution >= 0.6 is 11.8 Å². The highest BCUT2D eigenvalue weighted by Gasteiger charge is 2.16. The Hall–Kier alpha value is -2.81. The number of aryl methyl sites for hydroxylation is 2. The van der Waals surface area contributed by atoms with Crippen LogP contribution in [0.25, 0.3) is 11.2 Å². The van der Waals surface area contributed by atoms with Crippen molar-refractivity contribution in [3.8, 4) is 0 Å². The number of anilines is 1. The zero-order valence-corrected chi connectivity index (χ0v) is 18.7. The lowest BCUT2D eigenvalue weighted by molar-refractivity contribution is -0.116. The van der Waals surface area contributed by atoms with Crippen molar-refractivity contribution in [2.24, 2.45) is 14.1 Å². The Balaban J connectivity index is 1.32. The number of fused-ring (bicyclic) bond motifs is 1. The van der Waals surface area contributed by atoms with Crippen LogP contribution in [0.2, 0.25) is 0 Å². The van der Waals surface area contributed by atoms with E-state index in [4.69, 9.17) is 0 Å². The highest BCUT2D eigenvalue weighted by molar-refractivity contribution is 8.00. The van der Waals surface area contributed by atoms with Crippen LogP contribution in [0.5, 0.6) is 0 Å². The molecule has 1 aromatic carbocycles. The van der Waals surface area contributed by atoms with Gasteiger partial charge < -0.3 is 9.88 Å². The molecule has 1 saturated carbocycles. The molecule has 0 unspecified atom stereocenters. The van der Waals surface area contributed by atoms with E-state index in [0.29, 0.717) is 30.6 Å². The Morgan fingerprint density at radius 3 is 2.55 bits per heavy atom. The molecule has 164 valence electrons. The van der Waals surface area contributed by atoms with Crippen LogP contribution < -0.4 is 16.6 Å². The molecule has 1 N–H and O–H groups in total. The maximum Gasteiger partial charge on any atom is 0.332 e. The molecule has 1 aliphatic carbocycles. The summed E-state index contributed by atoms with van der Waals surface area (Å²) in [5.74, 6) is -0.0686. The average Bonchev–Trinajstić information content (AvgIpc) is 3.42. The first-order valence-corrected chi connectivity index (χ1v) is 11.5. The lowest BCUT2D eigenvalue weighted by Crippen LogP contribution is -2.37. The van der Waals surface area contributed by atoms with Crippen molar-refractivity contribution in [1.29, 1.82) is 0 Å². The van der Waals surface area contributed by atoms with Crippen LogP contribution in [0.4, 0.5) is 5.69 Å². The molecule has 1 aliphatic rings. The molecule has 0 radical (unpaired) electrons. The molecule has 9 heteroatoms. The number of benzene rings is 1. The maximum atomic E-state index is 12.5. The summed E-state index contributed by atoms with van der Waals surface area (Å²) in [6.45, 7) is 0.467. The number of hydrogen-bond donors (Lipinski definition) is 1. The first-order chi connectivity index (χ1) is 14.9. The van der Waals surface area contributed by atoms with Gasteiger partial charge in [-0.1, -0.05) is 12.8 Å². The van der Waals surface area contributed by atoms with Gasteiger partial charge in [-0.05, 0) is 43.5 Å². The fourth-order valence-corrected chi connectivity index (χ4v) is 5.26. The van der Waals surface area contributed by atoms with E-state index in [1.807, 2.05) is 23.9 Å². The largest absolute Gasteiger partial charge is 0.332 e. The summed E-state index contributed by atoms with van der Waals surface area (Å²) in [7, 11) is 3.04. The Labute approximate surface area is 184 Å². The molecule has 0 saturated heterocycles. The number of amides is 1. The van der Waals surface area contributed by atoms with Gasteiger partial charge in [0.2, 0.25) is 5.91 Å². The third kappa shape index (κ3) is 4.61. The smallest absolute Gasteiger partial charge is 0.326 e. The van der Waals surface area contributed by atoms with Crippen LogP contribution in [0.15, 0.2) is 45.1 Å². The van der Waals surface area contributed by atoms with Gasteiger partial charge in [0.05, 0.1) is 6.33 Å². The second-order valence-electron chi connectivity index (χ2n) is 8.02. The van der Waals surface area contributed by atoms with E-state index in [1.165, 1.54) is 42.2 Å². The van der Waals surface area contributed by atoms with E-state index in [1.54, 1.807) is 17.9 Å². The van der Waals surface area contributed by atoms with E-state index < -0.39 is 5.69 Å². The number of carbonyl (C=O) groups is 1. The molecule has 0 atom stereocenters. The SMILES string of the molecule is Cn1c(=O)c2c(ncn2CCCC(=O)Nc2ccc(SC3CCCC3)cc2)n(C)c1=O. The first-order valence-electron chi connectivity index (χ1n) is 10.6. The molecule has 0 aliphatic heterocycles. The summed E-state index contributed by atoms with van der Waals surface area (Å²) in [6.07, 6.45) is 7.66. The summed E-state index contributed by atoms with van der Waals surface area (Å²) < 4.78 is 4.13. The van der Waals surface area contributed by atoms with Crippen LogP contribution in [0.1, 0.15) is 38.5 Å². The molecular weight excluding hydrogens is 414 g/mol. The Morgan fingerprint density at radius 1 is 1.13 bits per heavy atom. The number of aromatic nitrogens is 4. The Kier molecular flexibility index (Phi) is 6.31. The number of nitrogens with zero attached hydrogens (tertiary/aromatic N) is 4. The van der Waals surface area contributed by atoms with Crippen LogP contribution in [0, 0.1) is 0 Å². The molecule has 0 spiro atoms. The average molecular weight is 442 g/mol. The van der Waals surface area contributed by atoms with E-state index in [9.17, 15) is 14.4 Å². The van der Waals surface area contributed by atoms with Gasteiger partial charge in [-0.25, -0.2) is 9.78 Å². The fraction of sp³-hybridized carbons (Fsp3) is 0.455. The lowest BCUT2D eigenvalue weighted by Gasteiger charge is -2.10. The van der Waals surface area contributed by atoms with Crippen LogP contribution in [-0.2, 0) is 25.4 Å². The van der Waals surface area contributed by atoms with Crippen molar-refractivity contribution in [2.75, 3.05) is 5.32 Å². The Morgan fingerprint density at radius 2 is 1.84 bits per heavy atom. The van der Waals surface area contributed by atoms with Gasteiger partial charge >= 0.3 is 5.69 Å². The van der Waals surface area contributed by atoms with Crippen LogP contribution in [0.3, 0.4) is 0 Å². The van der Waals surface area contributed by atoms with Gasteiger partial charge in [0.15, 0.2) is 11.2 Å². The quantitative estimate of drug-likeness (QED) is 0.609. The molecule has 2 aromatic heterocycles. The van der Waals surface area contributed by atoms with Gasteiger partial charge in [-0.3, -0.25) is 18.7 Å². The molecule has 31 heavy (non-hydrogen) atoms. The van der Waals surface area contributed by atoms with Gasteiger partial charge in [0.25, 0.3) is 5.56 Å². The maximum absolute atomic E-state index is 12.5. The highest BCUT2D eigenvalue weighted by Crippen LogP contribution is 2.34. The van der Waals surface area contributed by atoms with Gasteiger partial charge in [0, 0.05) is 42.9 Å². The molecule has 3 aromatic rings. The van der Waals surface area contributed by atoms with Crippen molar-refractivity contribution >= 4 is 34.5 Å². The Bertz CT molecular complexity index is 1200. The zero-order valence-electron chi connectivity index (χ0n) is 17.8. The normalized spacial score (nSPS) is 14.4. The fourth-order valence-electron chi connectivity index (χ4n) is 4.02. The van der Waals surface area contributed by atoms with Crippen LogP contribution in [-0.4, -0.2) is 29.8 Å². The number of imidazole rings is 1. The number of thioether (sulfide) groups is 1. The lowest BCUT2D eigenvalue weighted by atomic mass is 10.2. The molecular formula is C22H27N5O3S. The number of hydrogen-bond acceptors (Lipinski definition) is 5. The van der Waals surface area contributed by atoms with Crippen molar-refractivity contribution in [3.05, 3.63) is 51.4 Å². The minimum Gasteiger partial charge on any atom is -0.326 e. The predicted octanol–water partition coefficient (Wildman–Crippen LogP) is 2.89. The first kappa shape index (κ1) is 21.4. The third-order valence-electron chi connectivity index (χ3n) is 5.76. The minimum absolute atomic E-state index is 0.0686. The van der Waals surface area contributed by atoms with E-state index >= 15 is 0 Å². The number of rotatable bonds is 7. The monoisotopic (exact) mass is 441 g/mol. The van der Waals surface area contributed by atoms with Crippen molar-refractivity contribution in [3.63, 3.8) is 0 Å². The summed E-state index contributed by atoms with van der Waals surface area (Å²) in [5, 5.41) is 3.65. The number of carbonyl (C=O) groups excluding carboxylic acids is 1. The third-order valence-corrected chi connectivity index (χ3v) is 7.11. The van der Waals surface area contributed by atoms with Crippen molar-refractivity contribution < 1.29 is 4.79 Å². The molecule has 2 heterocycles. The molecule has 1 fully saturated rings. The highest BCUT2D eigenvalue weighted by atomic mass is 32.2. The summed E-state index contributed by atoms with van der Waals surface area (Å²) in [5.41, 5.74) is 0.733. The predicted molar refractivity (Wildman–Crippen MR) is 123 cm³/mol.